The number of nitrogens with zero attached hydrogens (tertiary/aromatic N) is 2. The molecule has 0 bridgehead atoms. The molecule has 8 heteroatoms. The summed E-state index contributed by atoms with van der Waals surface area (Å²) >= 11 is 0. The van der Waals surface area contributed by atoms with E-state index in [9.17, 15) is 13.2 Å². The first kappa shape index (κ1) is 24.6. The standard InChI is InChI=1S/C29H35N3O4S/c1-37(34,35)24-9-5-8-23-25(24)31-27(32(23)18-20-10-11-20)29(36-19-21-12-13-21)16-14-28(15-17-29,26(30)33)22-6-3-2-4-7-22/h2-9,20-21H,10-19H2,1H3,(H2,30,33)/t28-,29-. The minimum Gasteiger partial charge on any atom is -0.369 e. The Morgan fingerprint density at radius 2 is 1.68 bits per heavy atom. The number of amides is 1. The molecule has 0 saturated heterocycles. The van der Waals surface area contributed by atoms with Gasteiger partial charge in [-0.25, -0.2) is 13.4 Å². The number of carbonyl (C=O) groups excluding carboxylic acids is 1. The summed E-state index contributed by atoms with van der Waals surface area (Å²) in [6, 6.07) is 15.2. The molecule has 1 heterocycles. The second-order valence-electron chi connectivity index (χ2n) is 11.4. The highest BCUT2D eigenvalue weighted by Gasteiger charge is 2.51. The Labute approximate surface area is 218 Å². The predicted molar refractivity (Wildman–Crippen MR) is 142 cm³/mol. The van der Waals surface area contributed by atoms with Gasteiger partial charge in [0.1, 0.15) is 16.9 Å². The third-order valence-electron chi connectivity index (χ3n) is 8.69. The van der Waals surface area contributed by atoms with E-state index < -0.39 is 20.9 Å². The summed E-state index contributed by atoms with van der Waals surface area (Å²) in [6.45, 7) is 1.45. The van der Waals surface area contributed by atoms with Crippen LogP contribution >= 0.6 is 0 Å². The predicted octanol–water partition coefficient (Wildman–Crippen LogP) is 4.47. The van der Waals surface area contributed by atoms with Gasteiger partial charge in [0.15, 0.2) is 9.84 Å². The summed E-state index contributed by atoms with van der Waals surface area (Å²) in [5.74, 6) is 1.62. The maximum Gasteiger partial charge on any atom is 0.228 e. The summed E-state index contributed by atoms with van der Waals surface area (Å²) < 4.78 is 34.4. The van der Waals surface area contributed by atoms with E-state index in [-0.39, 0.29) is 10.8 Å². The van der Waals surface area contributed by atoms with E-state index in [4.69, 9.17) is 15.5 Å². The molecule has 3 fully saturated rings. The molecular weight excluding hydrogens is 486 g/mol. The van der Waals surface area contributed by atoms with Crippen LogP contribution in [0.1, 0.15) is 62.8 Å². The first-order valence-corrected chi connectivity index (χ1v) is 15.3. The molecule has 0 unspecified atom stereocenters. The molecule has 2 N–H and O–H groups in total. The van der Waals surface area contributed by atoms with Crippen LogP contribution in [0.25, 0.3) is 11.0 Å². The number of primary amides is 1. The lowest BCUT2D eigenvalue weighted by Gasteiger charge is -2.45. The van der Waals surface area contributed by atoms with Crippen molar-refractivity contribution < 1.29 is 17.9 Å². The van der Waals surface area contributed by atoms with Crippen LogP contribution in [0, 0.1) is 11.8 Å². The summed E-state index contributed by atoms with van der Waals surface area (Å²) in [5.41, 5.74) is 6.92. The van der Waals surface area contributed by atoms with E-state index in [0.717, 1.165) is 23.4 Å². The number of imidazole rings is 1. The van der Waals surface area contributed by atoms with Crippen LogP contribution in [-0.4, -0.2) is 36.7 Å². The fourth-order valence-electron chi connectivity index (χ4n) is 6.02. The van der Waals surface area contributed by atoms with E-state index in [1.807, 2.05) is 36.4 Å². The van der Waals surface area contributed by atoms with Crippen molar-refractivity contribution in [3.63, 3.8) is 0 Å². The normalized spacial score (nSPS) is 26.4. The first-order valence-electron chi connectivity index (χ1n) is 13.4. The second kappa shape index (κ2) is 8.95. The van der Waals surface area contributed by atoms with Gasteiger partial charge in [-0.1, -0.05) is 36.4 Å². The highest BCUT2D eigenvalue weighted by atomic mass is 32.2. The third kappa shape index (κ3) is 4.48. The zero-order valence-corrected chi connectivity index (χ0v) is 22.2. The van der Waals surface area contributed by atoms with E-state index in [1.54, 1.807) is 12.1 Å². The zero-order valence-electron chi connectivity index (χ0n) is 21.4. The lowest BCUT2D eigenvalue weighted by atomic mass is 9.64. The number of benzene rings is 2. The Hall–Kier alpha value is -2.71. The molecule has 0 spiro atoms. The van der Waals surface area contributed by atoms with E-state index in [0.29, 0.717) is 49.6 Å². The minimum absolute atomic E-state index is 0.254. The first-order chi connectivity index (χ1) is 17.7. The molecule has 196 valence electrons. The van der Waals surface area contributed by atoms with Gasteiger partial charge in [0, 0.05) is 12.8 Å². The molecule has 0 radical (unpaired) electrons. The van der Waals surface area contributed by atoms with Gasteiger partial charge in [0.05, 0.1) is 22.4 Å². The molecule has 1 aromatic heterocycles. The molecule has 2 aromatic carbocycles. The van der Waals surface area contributed by atoms with Gasteiger partial charge in [-0.2, -0.15) is 0 Å². The molecule has 3 aliphatic carbocycles. The fourth-order valence-corrected chi connectivity index (χ4v) is 6.85. The van der Waals surface area contributed by atoms with Crippen LogP contribution in [0.5, 0.6) is 0 Å². The Morgan fingerprint density at radius 3 is 2.27 bits per heavy atom. The molecule has 6 rings (SSSR count). The van der Waals surface area contributed by atoms with Gasteiger partial charge >= 0.3 is 0 Å². The van der Waals surface area contributed by atoms with Crippen molar-refractivity contribution >= 4 is 26.8 Å². The number of sulfone groups is 1. The molecule has 3 aliphatic rings. The molecule has 3 saturated carbocycles. The fraction of sp³-hybridized carbons (Fsp3) is 0.517. The molecular formula is C29H35N3O4S. The van der Waals surface area contributed by atoms with Crippen molar-refractivity contribution in [1.82, 2.24) is 9.55 Å². The summed E-state index contributed by atoms with van der Waals surface area (Å²) in [7, 11) is -3.46. The summed E-state index contributed by atoms with van der Waals surface area (Å²) in [6.07, 6.45) is 8.22. The summed E-state index contributed by atoms with van der Waals surface area (Å²) in [5, 5.41) is 0. The number of nitrogens with two attached hydrogens (primary N) is 1. The molecule has 0 atom stereocenters. The van der Waals surface area contributed by atoms with Crippen LogP contribution in [-0.2, 0) is 36.9 Å². The van der Waals surface area contributed by atoms with Crippen LogP contribution in [0.2, 0.25) is 0 Å². The molecule has 37 heavy (non-hydrogen) atoms. The van der Waals surface area contributed by atoms with Gasteiger partial charge in [0.2, 0.25) is 5.91 Å². The average molecular weight is 522 g/mol. The summed E-state index contributed by atoms with van der Waals surface area (Å²) in [4.78, 5) is 18.2. The van der Waals surface area contributed by atoms with Gasteiger partial charge in [-0.15, -0.1) is 0 Å². The smallest absolute Gasteiger partial charge is 0.228 e. The highest BCUT2D eigenvalue weighted by Crippen LogP contribution is 2.51. The van der Waals surface area contributed by atoms with Crippen LogP contribution in [0.15, 0.2) is 53.4 Å². The van der Waals surface area contributed by atoms with Gasteiger partial charge in [0.25, 0.3) is 0 Å². The van der Waals surface area contributed by atoms with Crippen molar-refractivity contribution in [3.8, 4) is 0 Å². The number of para-hydroxylation sites is 1. The maximum atomic E-state index is 12.9. The Morgan fingerprint density at radius 1 is 1.00 bits per heavy atom. The quantitative estimate of drug-likeness (QED) is 0.447. The van der Waals surface area contributed by atoms with Crippen molar-refractivity contribution in [3.05, 3.63) is 59.9 Å². The number of rotatable bonds is 9. The molecule has 1 amide bonds. The lowest BCUT2D eigenvalue weighted by Crippen LogP contribution is -2.49. The number of aromatic nitrogens is 2. The van der Waals surface area contributed by atoms with Gasteiger partial charge in [-0.05, 0) is 80.9 Å². The van der Waals surface area contributed by atoms with Crippen molar-refractivity contribution in [2.45, 2.75) is 73.8 Å². The number of carbonyl (C=O) groups is 1. The number of hydrogen-bond donors (Lipinski definition) is 1. The van der Waals surface area contributed by atoms with Crippen LogP contribution in [0.3, 0.4) is 0 Å². The molecule has 7 nitrogen and oxygen atoms in total. The minimum atomic E-state index is -3.46. The largest absolute Gasteiger partial charge is 0.369 e. The third-order valence-corrected chi connectivity index (χ3v) is 9.82. The number of hydrogen-bond acceptors (Lipinski definition) is 5. The Bertz CT molecular complexity index is 1430. The zero-order chi connectivity index (χ0) is 25.8. The SMILES string of the molecule is CS(=O)(=O)c1cccc2c1nc([C@]1(OCC3CC3)CC[C@@](C(N)=O)(c3ccccc3)CC1)n2CC1CC1. The van der Waals surface area contributed by atoms with Crippen LogP contribution in [0.4, 0.5) is 0 Å². The molecule has 0 aliphatic heterocycles. The lowest BCUT2D eigenvalue weighted by molar-refractivity contribution is -0.133. The maximum absolute atomic E-state index is 12.9. The Balaban J connectivity index is 1.47. The van der Waals surface area contributed by atoms with E-state index in [2.05, 4.69) is 4.57 Å². The van der Waals surface area contributed by atoms with Gasteiger partial charge in [-0.3, -0.25) is 4.79 Å². The monoisotopic (exact) mass is 521 g/mol. The van der Waals surface area contributed by atoms with Crippen molar-refractivity contribution in [2.75, 3.05) is 12.9 Å². The van der Waals surface area contributed by atoms with E-state index in [1.165, 1.54) is 31.9 Å². The topological polar surface area (TPSA) is 104 Å². The van der Waals surface area contributed by atoms with E-state index >= 15 is 0 Å². The van der Waals surface area contributed by atoms with Crippen LogP contribution < -0.4 is 5.73 Å². The van der Waals surface area contributed by atoms with Crippen molar-refractivity contribution in [1.29, 1.82) is 0 Å². The second-order valence-corrected chi connectivity index (χ2v) is 13.4. The number of fused-ring (bicyclic) bond motifs is 1. The highest BCUT2D eigenvalue weighted by molar-refractivity contribution is 7.91. The molecule has 3 aromatic rings. The number of ether oxygens (including phenoxy) is 1. The van der Waals surface area contributed by atoms with Gasteiger partial charge < -0.3 is 15.0 Å². The Kier molecular flexibility index (Phi) is 5.95. The average Bonchev–Trinajstić information content (AvgIpc) is 3.82. The van der Waals surface area contributed by atoms with Crippen molar-refractivity contribution in [2.24, 2.45) is 17.6 Å².